The molecule has 2 aliphatic rings. The van der Waals surface area contributed by atoms with Gasteiger partial charge in [-0.1, -0.05) is 26.7 Å². The van der Waals surface area contributed by atoms with Gasteiger partial charge in [0, 0.05) is 18.6 Å². The standard InChI is InChI=1S/C14H28N2/c1-11-6-4-8-14(12(11)2)16-9-5-7-13(10-16)15-3/h11-15H,4-10H2,1-3H3. The number of hydrogen-bond donors (Lipinski definition) is 1. The van der Waals surface area contributed by atoms with Crippen molar-refractivity contribution in [1.29, 1.82) is 0 Å². The van der Waals surface area contributed by atoms with E-state index >= 15 is 0 Å². The zero-order valence-electron chi connectivity index (χ0n) is 11.2. The van der Waals surface area contributed by atoms with Gasteiger partial charge in [0.25, 0.3) is 0 Å². The summed E-state index contributed by atoms with van der Waals surface area (Å²) < 4.78 is 0. The summed E-state index contributed by atoms with van der Waals surface area (Å²) in [7, 11) is 2.11. The molecule has 94 valence electrons. The van der Waals surface area contributed by atoms with Crippen molar-refractivity contribution < 1.29 is 0 Å². The van der Waals surface area contributed by atoms with Gasteiger partial charge in [0.15, 0.2) is 0 Å². The Morgan fingerprint density at radius 2 is 1.88 bits per heavy atom. The fourth-order valence-electron chi connectivity index (χ4n) is 3.61. The normalized spacial score (nSPS) is 42.2. The zero-order valence-corrected chi connectivity index (χ0v) is 11.2. The Hall–Kier alpha value is -0.0800. The highest BCUT2D eigenvalue weighted by atomic mass is 15.2. The molecular weight excluding hydrogens is 196 g/mol. The van der Waals surface area contributed by atoms with Crippen LogP contribution in [0.2, 0.25) is 0 Å². The molecule has 0 aromatic carbocycles. The van der Waals surface area contributed by atoms with E-state index in [1.54, 1.807) is 0 Å². The maximum Gasteiger partial charge on any atom is 0.0192 e. The maximum atomic E-state index is 3.46. The number of nitrogens with zero attached hydrogens (tertiary/aromatic N) is 1. The molecule has 0 radical (unpaired) electrons. The molecule has 4 unspecified atom stereocenters. The van der Waals surface area contributed by atoms with Crippen molar-refractivity contribution in [2.45, 2.75) is 58.0 Å². The summed E-state index contributed by atoms with van der Waals surface area (Å²) in [5.41, 5.74) is 0. The lowest BCUT2D eigenvalue weighted by atomic mass is 9.77. The molecule has 1 aliphatic heterocycles. The van der Waals surface area contributed by atoms with E-state index in [1.165, 1.54) is 45.2 Å². The first-order chi connectivity index (χ1) is 7.72. The summed E-state index contributed by atoms with van der Waals surface area (Å²) in [6.45, 7) is 7.52. The van der Waals surface area contributed by atoms with Crippen LogP contribution in [0.4, 0.5) is 0 Å². The van der Waals surface area contributed by atoms with Gasteiger partial charge >= 0.3 is 0 Å². The number of likely N-dealkylation sites (tertiary alicyclic amines) is 1. The van der Waals surface area contributed by atoms with Crippen LogP contribution in [-0.4, -0.2) is 37.1 Å². The lowest BCUT2D eigenvalue weighted by Crippen LogP contribution is -2.52. The average molecular weight is 224 g/mol. The van der Waals surface area contributed by atoms with Gasteiger partial charge in [-0.2, -0.15) is 0 Å². The van der Waals surface area contributed by atoms with Crippen LogP contribution in [-0.2, 0) is 0 Å². The van der Waals surface area contributed by atoms with Gasteiger partial charge in [0.1, 0.15) is 0 Å². The van der Waals surface area contributed by atoms with Gasteiger partial charge in [-0.25, -0.2) is 0 Å². The highest BCUT2D eigenvalue weighted by Crippen LogP contribution is 2.33. The minimum Gasteiger partial charge on any atom is -0.316 e. The number of likely N-dealkylation sites (N-methyl/N-ethyl adjacent to an activating group) is 1. The molecule has 2 heteroatoms. The molecule has 2 rings (SSSR count). The summed E-state index contributed by atoms with van der Waals surface area (Å²) in [5, 5.41) is 3.46. The second kappa shape index (κ2) is 5.50. The third-order valence-electron chi connectivity index (χ3n) is 4.99. The highest BCUT2D eigenvalue weighted by Gasteiger charge is 2.33. The van der Waals surface area contributed by atoms with Crippen molar-refractivity contribution >= 4 is 0 Å². The van der Waals surface area contributed by atoms with E-state index in [0.717, 1.165) is 23.9 Å². The first-order valence-electron chi connectivity index (χ1n) is 7.13. The van der Waals surface area contributed by atoms with Gasteiger partial charge in [-0.05, 0) is 44.7 Å². The van der Waals surface area contributed by atoms with Crippen LogP contribution < -0.4 is 5.32 Å². The van der Waals surface area contributed by atoms with E-state index in [-0.39, 0.29) is 0 Å². The number of hydrogen-bond acceptors (Lipinski definition) is 2. The predicted molar refractivity (Wildman–Crippen MR) is 69.6 cm³/mol. The Morgan fingerprint density at radius 1 is 1.06 bits per heavy atom. The van der Waals surface area contributed by atoms with Crippen LogP contribution >= 0.6 is 0 Å². The fraction of sp³-hybridized carbons (Fsp3) is 1.00. The number of nitrogens with one attached hydrogen (secondary N) is 1. The maximum absolute atomic E-state index is 3.46. The van der Waals surface area contributed by atoms with E-state index in [9.17, 15) is 0 Å². The second-order valence-corrected chi connectivity index (χ2v) is 5.96. The Labute approximate surface area is 101 Å². The third-order valence-corrected chi connectivity index (χ3v) is 4.99. The molecule has 1 N–H and O–H groups in total. The van der Waals surface area contributed by atoms with Gasteiger partial charge in [0.2, 0.25) is 0 Å². The molecule has 0 bridgehead atoms. The van der Waals surface area contributed by atoms with E-state index in [2.05, 4.69) is 31.1 Å². The molecular formula is C14H28N2. The topological polar surface area (TPSA) is 15.3 Å². The Balaban J connectivity index is 1.94. The SMILES string of the molecule is CNC1CCCN(C2CCCC(C)C2C)C1. The van der Waals surface area contributed by atoms with E-state index in [0.29, 0.717) is 0 Å². The number of piperidine rings is 1. The largest absolute Gasteiger partial charge is 0.316 e. The smallest absolute Gasteiger partial charge is 0.0192 e. The van der Waals surface area contributed by atoms with Crippen LogP contribution in [0.15, 0.2) is 0 Å². The molecule has 1 saturated heterocycles. The van der Waals surface area contributed by atoms with Crippen molar-refractivity contribution in [3.8, 4) is 0 Å². The van der Waals surface area contributed by atoms with Crippen LogP contribution in [0, 0.1) is 11.8 Å². The monoisotopic (exact) mass is 224 g/mol. The molecule has 1 aliphatic carbocycles. The minimum absolute atomic E-state index is 0.734. The zero-order chi connectivity index (χ0) is 11.5. The molecule has 1 saturated carbocycles. The third kappa shape index (κ3) is 2.60. The van der Waals surface area contributed by atoms with Crippen molar-refractivity contribution in [3.05, 3.63) is 0 Å². The summed E-state index contributed by atoms with van der Waals surface area (Å²) in [4.78, 5) is 2.77. The van der Waals surface area contributed by atoms with Gasteiger partial charge in [-0.3, -0.25) is 4.90 Å². The second-order valence-electron chi connectivity index (χ2n) is 5.96. The average Bonchev–Trinajstić information content (AvgIpc) is 2.33. The minimum atomic E-state index is 0.734. The van der Waals surface area contributed by atoms with Crippen LogP contribution in [0.1, 0.15) is 46.0 Å². The molecule has 0 spiro atoms. The fourth-order valence-corrected chi connectivity index (χ4v) is 3.61. The Morgan fingerprint density at radius 3 is 2.62 bits per heavy atom. The molecule has 2 fully saturated rings. The van der Waals surface area contributed by atoms with E-state index < -0.39 is 0 Å². The first kappa shape index (κ1) is 12.4. The summed E-state index contributed by atoms with van der Waals surface area (Å²) in [6.07, 6.45) is 7.06. The van der Waals surface area contributed by atoms with E-state index in [4.69, 9.17) is 0 Å². The Bertz CT molecular complexity index is 217. The van der Waals surface area contributed by atoms with E-state index in [1.807, 2.05) is 0 Å². The molecule has 16 heavy (non-hydrogen) atoms. The molecule has 0 amide bonds. The van der Waals surface area contributed by atoms with Crippen molar-refractivity contribution in [3.63, 3.8) is 0 Å². The molecule has 4 atom stereocenters. The van der Waals surface area contributed by atoms with Crippen LogP contribution in [0.5, 0.6) is 0 Å². The highest BCUT2D eigenvalue weighted by molar-refractivity contribution is 4.88. The van der Waals surface area contributed by atoms with Gasteiger partial charge in [-0.15, -0.1) is 0 Å². The van der Waals surface area contributed by atoms with Crippen molar-refractivity contribution in [1.82, 2.24) is 10.2 Å². The van der Waals surface area contributed by atoms with Crippen LogP contribution in [0.3, 0.4) is 0 Å². The lowest BCUT2D eigenvalue weighted by Gasteiger charge is -2.45. The summed E-state index contributed by atoms with van der Waals surface area (Å²) in [5.74, 6) is 1.82. The molecule has 2 nitrogen and oxygen atoms in total. The number of rotatable bonds is 2. The molecule has 0 aromatic rings. The van der Waals surface area contributed by atoms with Crippen molar-refractivity contribution in [2.75, 3.05) is 20.1 Å². The lowest BCUT2D eigenvalue weighted by molar-refractivity contribution is 0.0555. The first-order valence-corrected chi connectivity index (χ1v) is 7.13. The molecule has 0 aromatic heterocycles. The quantitative estimate of drug-likeness (QED) is 0.775. The Kier molecular flexibility index (Phi) is 4.26. The van der Waals surface area contributed by atoms with Crippen molar-refractivity contribution in [2.24, 2.45) is 11.8 Å². The predicted octanol–water partition coefficient (Wildman–Crippen LogP) is 2.49. The van der Waals surface area contributed by atoms with Crippen LogP contribution in [0.25, 0.3) is 0 Å². The van der Waals surface area contributed by atoms with Gasteiger partial charge in [0.05, 0.1) is 0 Å². The summed E-state index contributed by atoms with van der Waals surface area (Å²) >= 11 is 0. The molecule has 1 heterocycles. The van der Waals surface area contributed by atoms with Gasteiger partial charge < -0.3 is 5.32 Å². The summed E-state index contributed by atoms with van der Waals surface area (Å²) in [6, 6.07) is 1.60.